The number of alkyl halides is 3. The molecule has 0 aliphatic carbocycles. The topological polar surface area (TPSA) is 46.5 Å². The van der Waals surface area contributed by atoms with Gasteiger partial charge in [0.05, 0.1) is 18.2 Å². The highest BCUT2D eigenvalue weighted by atomic mass is 19.4. The number of hydrogen-bond donors (Lipinski definition) is 1. The van der Waals surface area contributed by atoms with Crippen molar-refractivity contribution in [2.45, 2.75) is 12.6 Å². The molecule has 0 atom stereocenters. The average Bonchev–Trinajstić information content (AvgIpc) is 2.27. The van der Waals surface area contributed by atoms with Crippen LogP contribution in [0.1, 0.15) is 21.5 Å². The number of methoxy groups -OCH3 is 1. The summed E-state index contributed by atoms with van der Waals surface area (Å²) in [7, 11) is 1.14. The Hall–Kier alpha value is -1.56. The molecule has 0 bridgehead atoms. The molecule has 0 fully saturated rings. The first-order valence-corrected chi connectivity index (χ1v) is 4.79. The monoisotopic (exact) mass is 248 g/mol. The fraction of sp³-hybridized carbons (Fsp3) is 0.364. The van der Waals surface area contributed by atoms with Gasteiger partial charge in [0.1, 0.15) is 0 Å². The number of halogens is 3. The van der Waals surface area contributed by atoms with Crippen LogP contribution in [0, 0.1) is 0 Å². The molecule has 3 nitrogen and oxygen atoms in total. The Balaban J connectivity index is 3.22. The summed E-state index contributed by atoms with van der Waals surface area (Å²) in [5.74, 6) is -0.710. The first kappa shape index (κ1) is 13.5. The number of rotatable bonds is 3. The molecule has 6 heteroatoms. The highest BCUT2D eigenvalue weighted by Gasteiger charge is 2.33. The third-order valence-electron chi connectivity index (χ3n) is 2.21. The third kappa shape index (κ3) is 3.20. The highest BCUT2D eigenvalue weighted by molar-refractivity contribution is 5.89. The number of aliphatic hydroxyl groups excluding tert-OH is 1. The van der Waals surface area contributed by atoms with Crippen LogP contribution in [0.2, 0.25) is 0 Å². The van der Waals surface area contributed by atoms with Crippen molar-refractivity contribution in [3.05, 3.63) is 34.9 Å². The Labute approximate surface area is 95.8 Å². The molecule has 0 radical (unpaired) electrons. The molecule has 0 aliphatic heterocycles. The van der Waals surface area contributed by atoms with Crippen molar-refractivity contribution in [1.82, 2.24) is 0 Å². The van der Waals surface area contributed by atoms with Crippen LogP contribution in [-0.4, -0.2) is 24.8 Å². The zero-order valence-corrected chi connectivity index (χ0v) is 9.04. The van der Waals surface area contributed by atoms with Crippen molar-refractivity contribution < 1.29 is 27.8 Å². The molecule has 0 amide bonds. The summed E-state index contributed by atoms with van der Waals surface area (Å²) in [4.78, 5) is 11.2. The molecule has 0 aromatic heterocycles. The largest absolute Gasteiger partial charge is 0.465 e. The van der Waals surface area contributed by atoms with Crippen molar-refractivity contribution >= 4 is 5.97 Å². The first-order chi connectivity index (χ1) is 7.90. The van der Waals surface area contributed by atoms with Gasteiger partial charge < -0.3 is 9.84 Å². The molecule has 0 aliphatic rings. The summed E-state index contributed by atoms with van der Waals surface area (Å²) >= 11 is 0. The lowest BCUT2D eigenvalue weighted by Gasteiger charge is -2.13. The van der Waals surface area contributed by atoms with Gasteiger partial charge in [-0.2, -0.15) is 13.2 Å². The van der Waals surface area contributed by atoms with E-state index in [9.17, 15) is 18.0 Å². The minimum atomic E-state index is -4.50. The molecule has 0 unspecified atom stereocenters. The summed E-state index contributed by atoms with van der Waals surface area (Å²) in [5, 5.41) is 8.71. The van der Waals surface area contributed by atoms with Crippen molar-refractivity contribution in [2.75, 3.05) is 13.7 Å². The first-order valence-electron chi connectivity index (χ1n) is 4.79. The maximum Gasteiger partial charge on any atom is 0.416 e. The van der Waals surface area contributed by atoms with Crippen LogP contribution in [0.4, 0.5) is 13.2 Å². The zero-order chi connectivity index (χ0) is 13.1. The minimum Gasteiger partial charge on any atom is -0.465 e. The molecular formula is C11H11F3O3. The van der Waals surface area contributed by atoms with Gasteiger partial charge in [0.2, 0.25) is 0 Å². The van der Waals surface area contributed by atoms with Gasteiger partial charge in [0.25, 0.3) is 0 Å². The van der Waals surface area contributed by atoms with E-state index in [1.807, 2.05) is 0 Å². The lowest BCUT2D eigenvalue weighted by atomic mass is 10.0. The van der Waals surface area contributed by atoms with E-state index >= 15 is 0 Å². The average molecular weight is 248 g/mol. The number of esters is 1. The predicted molar refractivity (Wildman–Crippen MR) is 53.6 cm³/mol. The van der Waals surface area contributed by atoms with Gasteiger partial charge in [-0.3, -0.25) is 0 Å². The second-order valence-corrected chi connectivity index (χ2v) is 3.33. The van der Waals surface area contributed by atoms with Crippen LogP contribution < -0.4 is 0 Å². The molecule has 17 heavy (non-hydrogen) atoms. The van der Waals surface area contributed by atoms with E-state index in [1.165, 1.54) is 0 Å². The van der Waals surface area contributed by atoms with Gasteiger partial charge in [0, 0.05) is 6.61 Å². The summed E-state index contributed by atoms with van der Waals surface area (Å²) in [6.45, 7) is -0.423. The molecule has 1 rings (SSSR count). The standard InChI is InChI=1S/C11H11F3O3/c1-17-10(16)8-2-3-9(11(12,13)14)7(6-8)4-5-15/h2-3,6,15H,4-5H2,1H3. The Morgan fingerprint density at radius 3 is 2.53 bits per heavy atom. The van der Waals surface area contributed by atoms with Crippen LogP contribution in [0.3, 0.4) is 0 Å². The van der Waals surface area contributed by atoms with Crippen LogP contribution in [0.5, 0.6) is 0 Å². The Morgan fingerprint density at radius 2 is 2.06 bits per heavy atom. The second kappa shape index (κ2) is 5.18. The zero-order valence-electron chi connectivity index (χ0n) is 9.04. The van der Waals surface area contributed by atoms with E-state index < -0.39 is 24.3 Å². The summed E-state index contributed by atoms with van der Waals surface area (Å²) in [5.41, 5.74) is -0.939. The Kier molecular flexibility index (Phi) is 4.11. The van der Waals surface area contributed by atoms with Gasteiger partial charge in [-0.05, 0) is 30.2 Å². The predicted octanol–water partition coefficient (Wildman–Crippen LogP) is 2.03. The lowest BCUT2D eigenvalue weighted by Crippen LogP contribution is -2.12. The van der Waals surface area contributed by atoms with Gasteiger partial charge in [-0.1, -0.05) is 0 Å². The lowest BCUT2D eigenvalue weighted by molar-refractivity contribution is -0.138. The van der Waals surface area contributed by atoms with Gasteiger partial charge in [-0.25, -0.2) is 4.79 Å². The highest BCUT2D eigenvalue weighted by Crippen LogP contribution is 2.32. The fourth-order valence-corrected chi connectivity index (χ4v) is 1.44. The smallest absolute Gasteiger partial charge is 0.416 e. The third-order valence-corrected chi connectivity index (χ3v) is 2.21. The van der Waals surface area contributed by atoms with Crippen LogP contribution >= 0.6 is 0 Å². The summed E-state index contributed by atoms with van der Waals surface area (Å²) in [6, 6.07) is 2.96. The maximum absolute atomic E-state index is 12.6. The number of carbonyl (C=O) groups is 1. The van der Waals surface area contributed by atoms with Gasteiger partial charge in [-0.15, -0.1) is 0 Å². The molecule has 1 aromatic carbocycles. The molecule has 94 valence electrons. The Bertz CT molecular complexity index is 413. The molecule has 0 saturated carbocycles. The van der Waals surface area contributed by atoms with E-state index in [4.69, 9.17) is 5.11 Å². The molecule has 0 saturated heterocycles. The van der Waals surface area contributed by atoms with Crippen molar-refractivity contribution in [3.63, 3.8) is 0 Å². The minimum absolute atomic E-state index is 0.0314. The van der Waals surface area contributed by atoms with E-state index in [1.54, 1.807) is 0 Å². The number of aliphatic hydroxyl groups is 1. The molecule has 1 N–H and O–H groups in total. The number of carbonyl (C=O) groups excluding carboxylic acids is 1. The van der Waals surface area contributed by atoms with E-state index in [-0.39, 0.29) is 17.5 Å². The summed E-state index contributed by atoms with van der Waals surface area (Å²) in [6.07, 6.45) is -4.67. The van der Waals surface area contributed by atoms with Crippen LogP contribution in [-0.2, 0) is 17.3 Å². The number of benzene rings is 1. The normalized spacial score (nSPS) is 11.4. The number of hydrogen-bond acceptors (Lipinski definition) is 3. The Morgan fingerprint density at radius 1 is 1.41 bits per heavy atom. The van der Waals surface area contributed by atoms with Crippen molar-refractivity contribution in [3.8, 4) is 0 Å². The quantitative estimate of drug-likeness (QED) is 0.832. The second-order valence-electron chi connectivity index (χ2n) is 3.33. The molecule has 0 spiro atoms. The van der Waals surface area contributed by atoms with Crippen molar-refractivity contribution in [1.29, 1.82) is 0 Å². The van der Waals surface area contributed by atoms with Gasteiger partial charge in [0.15, 0.2) is 0 Å². The van der Waals surface area contributed by atoms with Gasteiger partial charge >= 0.3 is 12.1 Å². The van der Waals surface area contributed by atoms with Crippen LogP contribution in [0.25, 0.3) is 0 Å². The SMILES string of the molecule is COC(=O)c1ccc(C(F)(F)F)c(CCO)c1. The van der Waals surface area contributed by atoms with E-state index in [0.29, 0.717) is 0 Å². The number of ether oxygens (including phenoxy) is 1. The van der Waals surface area contributed by atoms with E-state index in [0.717, 1.165) is 25.3 Å². The van der Waals surface area contributed by atoms with E-state index in [2.05, 4.69) is 4.74 Å². The fourth-order valence-electron chi connectivity index (χ4n) is 1.44. The summed E-state index contributed by atoms with van der Waals surface area (Å²) < 4.78 is 42.2. The molecular weight excluding hydrogens is 237 g/mol. The van der Waals surface area contributed by atoms with Crippen molar-refractivity contribution in [2.24, 2.45) is 0 Å². The van der Waals surface area contributed by atoms with Crippen LogP contribution in [0.15, 0.2) is 18.2 Å². The maximum atomic E-state index is 12.6. The molecule has 0 heterocycles. The molecule has 1 aromatic rings.